The molecule has 7 heteroatoms. The lowest BCUT2D eigenvalue weighted by Gasteiger charge is -2.04. The molecule has 0 aliphatic carbocycles. The highest BCUT2D eigenvalue weighted by atomic mass is 35.5. The average molecular weight is 360 g/mol. The molecule has 2 aromatic carbocycles. The maximum Gasteiger partial charge on any atom is 0.329 e. The minimum absolute atomic E-state index is 0.228. The number of benzene rings is 2. The van der Waals surface area contributed by atoms with E-state index >= 15 is 0 Å². The van der Waals surface area contributed by atoms with E-state index in [0.29, 0.717) is 11.6 Å². The summed E-state index contributed by atoms with van der Waals surface area (Å²) in [5.74, 6) is -0.847. The lowest BCUT2D eigenvalue weighted by molar-refractivity contribution is -0.139. The molecule has 0 fully saturated rings. The maximum absolute atomic E-state index is 11.7. The van der Waals surface area contributed by atoms with Crippen LogP contribution < -0.4 is 15.5 Å². The van der Waals surface area contributed by atoms with Crippen LogP contribution in [0.1, 0.15) is 18.1 Å². The zero-order valence-corrected chi connectivity index (χ0v) is 14.4. The molecule has 0 bridgehead atoms. The van der Waals surface area contributed by atoms with Crippen molar-refractivity contribution in [2.45, 2.75) is 13.5 Å². The third kappa shape index (κ3) is 6.27. The van der Waals surface area contributed by atoms with E-state index in [4.69, 9.17) is 16.3 Å². The van der Waals surface area contributed by atoms with Crippen molar-refractivity contribution in [2.24, 2.45) is 5.10 Å². The molecule has 0 saturated carbocycles. The highest BCUT2D eigenvalue weighted by molar-refractivity contribution is 6.35. The van der Waals surface area contributed by atoms with Gasteiger partial charge in [0.05, 0.1) is 12.8 Å². The molecule has 2 amide bonds. The zero-order valence-electron chi connectivity index (χ0n) is 13.7. The number of carbonyl (C=O) groups is 2. The van der Waals surface area contributed by atoms with Gasteiger partial charge in [-0.25, -0.2) is 5.43 Å². The van der Waals surface area contributed by atoms with Crippen molar-refractivity contribution in [1.82, 2.24) is 10.7 Å². The van der Waals surface area contributed by atoms with Crippen molar-refractivity contribution in [3.63, 3.8) is 0 Å². The van der Waals surface area contributed by atoms with Crippen LogP contribution in [0.15, 0.2) is 53.6 Å². The number of hydrazone groups is 1. The number of nitrogens with zero attached hydrogens (tertiary/aromatic N) is 1. The van der Waals surface area contributed by atoms with Crippen LogP contribution in [0, 0.1) is 0 Å². The van der Waals surface area contributed by atoms with Crippen LogP contribution in [0.5, 0.6) is 5.75 Å². The molecule has 2 aromatic rings. The van der Waals surface area contributed by atoms with E-state index in [-0.39, 0.29) is 6.54 Å². The number of hydrogen-bond donors (Lipinski definition) is 2. The van der Waals surface area contributed by atoms with E-state index in [1.54, 1.807) is 48.5 Å². The second-order valence-electron chi connectivity index (χ2n) is 5.01. The van der Waals surface area contributed by atoms with Crippen LogP contribution in [0.4, 0.5) is 0 Å². The summed E-state index contributed by atoms with van der Waals surface area (Å²) in [5.41, 5.74) is 3.79. The topological polar surface area (TPSA) is 79.8 Å². The van der Waals surface area contributed by atoms with Gasteiger partial charge in [-0.15, -0.1) is 0 Å². The van der Waals surface area contributed by atoms with Crippen LogP contribution in [0.2, 0.25) is 5.02 Å². The first kappa shape index (κ1) is 18.5. The summed E-state index contributed by atoms with van der Waals surface area (Å²) in [6.07, 6.45) is 1.44. The standard InChI is InChI=1S/C18H18ClN3O3/c1-2-25-16-9-5-14(6-10-16)12-21-22-18(24)17(23)20-11-13-3-7-15(19)8-4-13/h3-10,12H,2,11H2,1H3,(H,20,23)(H,22,24)/b21-12+. The summed E-state index contributed by atoms with van der Waals surface area (Å²) in [6.45, 7) is 2.73. The molecule has 0 radical (unpaired) electrons. The Morgan fingerprint density at radius 3 is 2.40 bits per heavy atom. The number of amides is 2. The second-order valence-corrected chi connectivity index (χ2v) is 5.45. The quantitative estimate of drug-likeness (QED) is 0.472. The Kier molecular flexibility index (Phi) is 6.98. The largest absolute Gasteiger partial charge is 0.494 e. The molecule has 0 spiro atoms. The van der Waals surface area contributed by atoms with Gasteiger partial charge in [-0.2, -0.15) is 5.10 Å². The summed E-state index contributed by atoms with van der Waals surface area (Å²) < 4.78 is 5.33. The van der Waals surface area contributed by atoms with E-state index in [1.165, 1.54) is 6.21 Å². The molecule has 25 heavy (non-hydrogen) atoms. The van der Waals surface area contributed by atoms with Crippen LogP contribution in [0.3, 0.4) is 0 Å². The Labute approximate surface area is 150 Å². The Balaban J connectivity index is 1.78. The van der Waals surface area contributed by atoms with Crippen molar-refractivity contribution < 1.29 is 14.3 Å². The smallest absolute Gasteiger partial charge is 0.329 e. The summed E-state index contributed by atoms with van der Waals surface area (Å²) in [6, 6.07) is 14.1. The molecule has 0 heterocycles. The molecule has 0 aliphatic heterocycles. The minimum atomic E-state index is -0.837. The van der Waals surface area contributed by atoms with Crippen LogP contribution in [0.25, 0.3) is 0 Å². The van der Waals surface area contributed by atoms with Gasteiger partial charge in [-0.05, 0) is 54.4 Å². The number of ether oxygens (including phenoxy) is 1. The van der Waals surface area contributed by atoms with Gasteiger partial charge in [0, 0.05) is 11.6 Å². The number of rotatable bonds is 6. The van der Waals surface area contributed by atoms with Gasteiger partial charge in [-0.1, -0.05) is 23.7 Å². The molecular formula is C18H18ClN3O3. The Bertz CT molecular complexity index is 743. The van der Waals surface area contributed by atoms with Crippen LogP contribution in [-0.4, -0.2) is 24.6 Å². The van der Waals surface area contributed by atoms with Gasteiger partial charge < -0.3 is 10.1 Å². The molecule has 130 valence electrons. The van der Waals surface area contributed by atoms with Crippen molar-refractivity contribution in [2.75, 3.05) is 6.61 Å². The maximum atomic E-state index is 11.7. The fourth-order valence-corrected chi connectivity index (χ4v) is 2.02. The first-order valence-corrected chi connectivity index (χ1v) is 8.05. The third-order valence-electron chi connectivity index (χ3n) is 3.14. The Morgan fingerprint density at radius 2 is 1.76 bits per heavy atom. The number of nitrogens with one attached hydrogen (secondary N) is 2. The molecule has 2 rings (SSSR count). The first-order chi connectivity index (χ1) is 12.1. The highest BCUT2D eigenvalue weighted by Crippen LogP contribution is 2.10. The zero-order chi connectivity index (χ0) is 18.1. The van der Waals surface area contributed by atoms with Gasteiger partial charge in [0.15, 0.2) is 0 Å². The highest BCUT2D eigenvalue weighted by Gasteiger charge is 2.11. The van der Waals surface area contributed by atoms with E-state index in [9.17, 15) is 9.59 Å². The molecule has 2 N–H and O–H groups in total. The van der Waals surface area contributed by atoms with E-state index in [1.807, 2.05) is 6.92 Å². The van der Waals surface area contributed by atoms with Gasteiger partial charge in [-0.3, -0.25) is 9.59 Å². The van der Waals surface area contributed by atoms with Gasteiger partial charge in [0.1, 0.15) is 5.75 Å². The van der Waals surface area contributed by atoms with E-state index < -0.39 is 11.8 Å². The second kappa shape index (κ2) is 9.44. The van der Waals surface area contributed by atoms with Crippen LogP contribution in [-0.2, 0) is 16.1 Å². The van der Waals surface area contributed by atoms with Crippen molar-refractivity contribution in [1.29, 1.82) is 0 Å². The number of hydrogen-bond acceptors (Lipinski definition) is 4. The predicted octanol–water partition coefficient (Wildman–Crippen LogP) is 2.51. The average Bonchev–Trinajstić information content (AvgIpc) is 2.62. The molecule has 0 atom stereocenters. The summed E-state index contributed by atoms with van der Waals surface area (Å²) in [7, 11) is 0. The monoisotopic (exact) mass is 359 g/mol. The molecule has 6 nitrogen and oxygen atoms in total. The summed E-state index contributed by atoms with van der Waals surface area (Å²) >= 11 is 5.78. The molecular weight excluding hydrogens is 342 g/mol. The lowest BCUT2D eigenvalue weighted by atomic mass is 10.2. The molecule has 0 saturated heterocycles. The predicted molar refractivity (Wildman–Crippen MR) is 96.6 cm³/mol. The fourth-order valence-electron chi connectivity index (χ4n) is 1.90. The number of halogens is 1. The fraction of sp³-hybridized carbons (Fsp3) is 0.167. The van der Waals surface area contributed by atoms with Gasteiger partial charge in [0.2, 0.25) is 0 Å². The molecule has 0 aromatic heterocycles. The molecule has 0 aliphatic rings. The first-order valence-electron chi connectivity index (χ1n) is 7.67. The van der Waals surface area contributed by atoms with Crippen molar-refractivity contribution in [3.05, 3.63) is 64.7 Å². The normalized spacial score (nSPS) is 10.5. The Hall–Kier alpha value is -2.86. The Morgan fingerprint density at radius 1 is 1.08 bits per heavy atom. The van der Waals surface area contributed by atoms with E-state index in [0.717, 1.165) is 16.9 Å². The van der Waals surface area contributed by atoms with Crippen LogP contribution >= 0.6 is 11.6 Å². The van der Waals surface area contributed by atoms with Crippen molar-refractivity contribution >= 4 is 29.6 Å². The van der Waals surface area contributed by atoms with E-state index in [2.05, 4.69) is 15.8 Å². The van der Waals surface area contributed by atoms with Gasteiger partial charge in [0.25, 0.3) is 0 Å². The summed E-state index contributed by atoms with van der Waals surface area (Å²) in [4.78, 5) is 23.4. The van der Waals surface area contributed by atoms with Crippen molar-refractivity contribution in [3.8, 4) is 5.75 Å². The molecule has 0 unspecified atom stereocenters. The minimum Gasteiger partial charge on any atom is -0.494 e. The summed E-state index contributed by atoms with van der Waals surface area (Å²) in [5, 5.41) is 6.87. The SMILES string of the molecule is CCOc1ccc(/C=N/NC(=O)C(=O)NCc2ccc(Cl)cc2)cc1. The van der Waals surface area contributed by atoms with Gasteiger partial charge >= 0.3 is 11.8 Å². The number of carbonyl (C=O) groups excluding carboxylic acids is 2. The third-order valence-corrected chi connectivity index (χ3v) is 3.40. The lowest BCUT2D eigenvalue weighted by Crippen LogP contribution is -2.37.